The largest absolute Gasteiger partial charge is 0.493 e. The van der Waals surface area contributed by atoms with Gasteiger partial charge in [0.25, 0.3) is 0 Å². The Balaban J connectivity index is 1.41. The first-order chi connectivity index (χ1) is 17.4. The quantitative estimate of drug-likeness (QED) is 0.240. The lowest BCUT2D eigenvalue weighted by atomic mass is 10.0. The van der Waals surface area contributed by atoms with Crippen molar-refractivity contribution in [2.45, 2.75) is 65.5 Å². The number of ether oxygens (including phenoxy) is 1. The van der Waals surface area contributed by atoms with Crippen molar-refractivity contribution in [3.63, 3.8) is 0 Å². The summed E-state index contributed by atoms with van der Waals surface area (Å²) < 4.78 is 8.45. The van der Waals surface area contributed by atoms with Gasteiger partial charge in [0.1, 0.15) is 11.6 Å². The van der Waals surface area contributed by atoms with Gasteiger partial charge in [-0.1, -0.05) is 68.4 Å². The molecule has 4 rings (SSSR count). The van der Waals surface area contributed by atoms with E-state index in [0.717, 1.165) is 42.0 Å². The lowest BCUT2D eigenvalue weighted by molar-refractivity contribution is -0.121. The van der Waals surface area contributed by atoms with E-state index in [4.69, 9.17) is 9.72 Å². The second-order valence-electron chi connectivity index (χ2n) is 9.78. The Labute approximate surface area is 214 Å². The predicted molar refractivity (Wildman–Crippen MR) is 146 cm³/mol. The summed E-state index contributed by atoms with van der Waals surface area (Å²) in [5, 5.41) is 3.16. The minimum Gasteiger partial charge on any atom is -0.493 e. The van der Waals surface area contributed by atoms with E-state index >= 15 is 0 Å². The number of fused-ring (bicyclic) bond motifs is 1. The molecule has 36 heavy (non-hydrogen) atoms. The first-order valence-corrected chi connectivity index (χ1v) is 12.9. The highest BCUT2D eigenvalue weighted by molar-refractivity contribution is 5.78. The number of hydrogen-bond donors (Lipinski definition) is 1. The maximum atomic E-state index is 12.7. The van der Waals surface area contributed by atoms with Crippen molar-refractivity contribution in [3.8, 4) is 5.75 Å². The van der Waals surface area contributed by atoms with Crippen molar-refractivity contribution in [2.24, 2.45) is 0 Å². The fraction of sp³-hybridized carbons (Fsp3) is 0.355. The summed E-state index contributed by atoms with van der Waals surface area (Å²) in [6.45, 7) is 9.87. The number of imidazole rings is 1. The van der Waals surface area contributed by atoms with Crippen LogP contribution < -0.4 is 10.1 Å². The Morgan fingerprint density at radius 3 is 2.53 bits per heavy atom. The number of nitrogens with zero attached hydrogens (tertiary/aromatic N) is 2. The van der Waals surface area contributed by atoms with Crippen molar-refractivity contribution in [1.82, 2.24) is 14.9 Å². The molecule has 3 aromatic carbocycles. The summed E-state index contributed by atoms with van der Waals surface area (Å²) in [5.41, 5.74) is 5.63. The zero-order chi connectivity index (χ0) is 25.5. The highest BCUT2D eigenvalue weighted by Gasteiger charge is 2.18. The van der Waals surface area contributed by atoms with Gasteiger partial charge in [0.05, 0.1) is 23.7 Å². The van der Waals surface area contributed by atoms with Crippen LogP contribution in [0.5, 0.6) is 5.75 Å². The van der Waals surface area contributed by atoms with Crippen LogP contribution in [0.25, 0.3) is 11.0 Å². The molecule has 5 nitrogen and oxygen atoms in total. The summed E-state index contributed by atoms with van der Waals surface area (Å²) >= 11 is 0. The smallest absolute Gasteiger partial charge is 0.220 e. The number of carbonyl (C=O) groups excluding carboxylic acids is 1. The summed E-state index contributed by atoms with van der Waals surface area (Å²) in [7, 11) is 0. The van der Waals surface area contributed by atoms with E-state index in [1.165, 1.54) is 16.7 Å². The Hall–Kier alpha value is -3.60. The van der Waals surface area contributed by atoms with Crippen molar-refractivity contribution in [3.05, 3.63) is 95.3 Å². The molecule has 0 aliphatic rings. The fourth-order valence-electron chi connectivity index (χ4n) is 4.59. The molecule has 0 saturated heterocycles. The lowest BCUT2D eigenvalue weighted by Gasteiger charge is -2.18. The van der Waals surface area contributed by atoms with Gasteiger partial charge in [0, 0.05) is 13.0 Å². The van der Waals surface area contributed by atoms with Gasteiger partial charge in [-0.15, -0.1) is 0 Å². The maximum absolute atomic E-state index is 12.7. The third kappa shape index (κ3) is 6.34. The molecule has 0 radical (unpaired) electrons. The van der Waals surface area contributed by atoms with Gasteiger partial charge in [0.2, 0.25) is 5.91 Å². The Morgan fingerprint density at radius 2 is 1.75 bits per heavy atom. The Bertz CT molecular complexity index is 1290. The maximum Gasteiger partial charge on any atom is 0.220 e. The second kappa shape index (κ2) is 11.9. The molecule has 1 aromatic heterocycles. The highest BCUT2D eigenvalue weighted by Crippen LogP contribution is 2.28. The molecular formula is C31H37N3O2. The van der Waals surface area contributed by atoms with E-state index in [9.17, 15) is 4.79 Å². The van der Waals surface area contributed by atoms with Crippen LogP contribution in [0, 0.1) is 6.92 Å². The Morgan fingerprint density at radius 1 is 1.00 bits per heavy atom. The van der Waals surface area contributed by atoms with E-state index in [1.54, 1.807) is 0 Å². The summed E-state index contributed by atoms with van der Waals surface area (Å²) in [6.07, 6.45) is 2.02. The van der Waals surface area contributed by atoms with E-state index < -0.39 is 0 Å². The highest BCUT2D eigenvalue weighted by atomic mass is 16.5. The Kier molecular flexibility index (Phi) is 8.42. The normalized spacial score (nSPS) is 12.1. The molecular weight excluding hydrogens is 446 g/mol. The van der Waals surface area contributed by atoms with Gasteiger partial charge in [-0.3, -0.25) is 4.79 Å². The molecule has 1 N–H and O–H groups in total. The lowest BCUT2D eigenvalue weighted by Crippen LogP contribution is -2.29. The first-order valence-electron chi connectivity index (χ1n) is 12.9. The van der Waals surface area contributed by atoms with Crippen LogP contribution in [0.2, 0.25) is 0 Å². The van der Waals surface area contributed by atoms with Crippen molar-refractivity contribution in [2.75, 3.05) is 6.61 Å². The number of nitrogens with one attached hydrogen (secondary N) is 1. The van der Waals surface area contributed by atoms with Gasteiger partial charge in [-0.25, -0.2) is 4.98 Å². The summed E-state index contributed by atoms with van der Waals surface area (Å²) in [5.74, 6) is 2.30. The molecule has 188 valence electrons. The number of para-hydroxylation sites is 2. The molecule has 0 aliphatic heterocycles. The van der Waals surface area contributed by atoms with Gasteiger partial charge in [-0.2, -0.15) is 0 Å². The average Bonchev–Trinajstić information content (AvgIpc) is 3.24. The molecule has 5 heteroatoms. The molecule has 0 aliphatic carbocycles. The number of hydrogen-bond acceptors (Lipinski definition) is 3. The number of rotatable bonds is 11. The number of aromatic nitrogens is 2. The molecule has 0 saturated carbocycles. The minimum absolute atomic E-state index is 0.0361. The number of benzene rings is 3. The van der Waals surface area contributed by atoms with Gasteiger partial charge in [-0.05, 0) is 67.5 Å². The molecule has 1 heterocycles. The van der Waals surface area contributed by atoms with Crippen LogP contribution >= 0.6 is 0 Å². The topological polar surface area (TPSA) is 56.1 Å². The molecule has 1 unspecified atom stereocenters. The van der Waals surface area contributed by atoms with Gasteiger partial charge in [0.15, 0.2) is 0 Å². The van der Waals surface area contributed by atoms with E-state index in [1.807, 2.05) is 43.3 Å². The van der Waals surface area contributed by atoms with Gasteiger partial charge >= 0.3 is 0 Å². The first kappa shape index (κ1) is 25.5. The monoisotopic (exact) mass is 483 g/mol. The number of aryl methyl sites for hydroxylation is 3. The second-order valence-corrected chi connectivity index (χ2v) is 9.78. The fourth-order valence-corrected chi connectivity index (χ4v) is 4.59. The molecule has 4 aromatic rings. The van der Waals surface area contributed by atoms with Crippen LogP contribution in [0.4, 0.5) is 0 Å². The third-order valence-corrected chi connectivity index (χ3v) is 6.51. The van der Waals surface area contributed by atoms with Crippen molar-refractivity contribution >= 4 is 16.9 Å². The standard InChI is InChI=1S/C31H37N3O2/c1-22(2)26-17-15-23(3)21-29(26)36-20-10-19-34-28-14-9-8-13-27(28)33-31(34)24(4)32-30(35)18-16-25-11-6-5-7-12-25/h5-9,11-15,17,21-22,24H,10,16,18-20H2,1-4H3,(H,32,35). The summed E-state index contributed by atoms with van der Waals surface area (Å²) in [6, 6.07) is 24.5. The summed E-state index contributed by atoms with van der Waals surface area (Å²) in [4.78, 5) is 17.6. The van der Waals surface area contributed by atoms with Crippen LogP contribution in [0.1, 0.15) is 68.1 Å². The number of amides is 1. The molecule has 1 atom stereocenters. The van der Waals surface area contributed by atoms with Crippen LogP contribution in [0.3, 0.4) is 0 Å². The van der Waals surface area contributed by atoms with E-state index in [-0.39, 0.29) is 11.9 Å². The van der Waals surface area contributed by atoms with Crippen LogP contribution in [0.15, 0.2) is 72.8 Å². The predicted octanol–water partition coefficient (Wildman–Crippen LogP) is 6.75. The molecule has 0 spiro atoms. The average molecular weight is 484 g/mol. The van der Waals surface area contributed by atoms with Crippen LogP contribution in [-0.4, -0.2) is 22.1 Å². The van der Waals surface area contributed by atoms with Crippen molar-refractivity contribution in [1.29, 1.82) is 0 Å². The molecule has 1 amide bonds. The number of carbonyl (C=O) groups is 1. The zero-order valence-electron chi connectivity index (χ0n) is 21.8. The zero-order valence-corrected chi connectivity index (χ0v) is 21.8. The van der Waals surface area contributed by atoms with Crippen LogP contribution in [-0.2, 0) is 17.8 Å². The minimum atomic E-state index is -0.189. The van der Waals surface area contributed by atoms with E-state index in [2.05, 4.69) is 67.1 Å². The van der Waals surface area contributed by atoms with E-state index in [0.29, 0.717) is 18.9 Å². The SMILES string of the molecule is Cc1ccc(C(C)C)c(OCCCn2c(C(C)NC(=O)CCc3ccccc3)nc3ccccc32)c1. The molecule has 0 bridgehead atoms. The molecule has 0 fully saturated rings. The third-order valence-electron chi connectivity index (χ3n) is 6.51. The van der Waals surface area contributed by atoms with Crippen molar-refractivity contribution < 1.29 is 9.53 Å². The van der Waals surface area contributed by atoms with Gasteiger partial charge < -0.3 is 14.6 Å².